The molecule has 3 atom stereocenters. The average molecular weight is 325 g/mol. The van der Waals surface area contributed by atoms with Crippen molar-refractivity contribution < 1.29 is 9.84 Å². The highest BCUT2D eigenvalue weighted by Crippen LogP contribution is 2.57. The molecule has 19 heavy (non-hydrogen) atoms. The molecule has 1 N–H and O–H groups in total. The third kappa shape index (κ3) is 2.82. The summed E-state index contributed by atoms with van der Waals surface area (Å²) < 4.78 is 6.59. The first-order chi connectivity index (χ1) is 9.19. The van der Waals surface area contributed by atoms with Crippen molar-refractivity contribution >= 4 is 15.9 Å². The molecule has 1 aromatic rings. The molecule has 0 radical (unpaired) electrons. The first kappa shape index (κ1) is 13.4. The maximum atomic E-state index is 10.5. The molecule has 2 saturated carbocycles. The van der Waals surface area contributed by atoms with Crippen LogP contribution in [0.1, 0.15) is 44.3 Å². The van der Waals surface area contributed by atoms with E-state index in [-0.39, 0.29) is 6.10 Å². The van der Waals surface area contributed by atoms with E-state index >= 15 is 0 Å². The first-order valence-corrected chi connectivity index (χ1v) is 8.08. The number of ether oxygens (including phenoxy) is 1. The Morgan fingerprint density at radius 3 is 2.68 bits per heavy atom. The van der Waals surface area contributed by atoms with Crippen LogP contribution in [0, 0.1) is 17.8 Å². The molecule has 0 bridgehead atoms. The van der Waals surface area contributed by atoms with E-state index in [9.17, 15) is 5.11 Å². The van der Waals surface area contributed by atoms with E-state index in [0.29, 0.717) is 5.92 Å². The quantitative estimate of drug-likeness (QED) is 0.874. The van der Waals surface area contributed by atoms with Gasteiger partial charge in [0, 0.05) is 0 Å². The van der Waals surface area contributed by atoms with Crippen LogP contribution in [-0.2, 0) is 0 Å². The van der Waals surface area contributed by atoms with Crippen LogP contribution in [0.5, 0.6) is 5.75 Å². The Hall–Kier alpha value is -0.540. The second-order valence-electron chi connectivity index (χ2n) is 5.97. The molecule has 0 spiro atoms. The maximum absolute atomic E-state index is 10.5. The third-order valence-electron chi connectivity index (χ3n) is 4.49. The number of aliphatic hydroxyl groups is 1. The van der Waals surface area contributed by atoms with Crippen molar-refractivity contribution in [2.75, 3.05) is 6.61 Å². The monoisotopic (exact) mass is 324 g/mol. The SMILES string of the molecule is CCCOc1ccc(C(O)C2CC3CC3C2)cc1Br. The van der Waals surface area contributed by atoms with Gasteiger partial charge in [0.25, 0.3) is 0 Å². The van der Waals surface area contributed by atoms with Crippen LogP contribution in [0.3, 0.4) is 0 Å². The molecule has 2 aliphatic carbocycles. The van der Waals surface area contributed by atoms with E-state index in [1.165, 1.54) is 19.3 Å². The molecule has 2 fully saturated rings. The molecule has 0 amide bonds. The van der Waals surface area contributed by atoms with Crippen LogP contribution in [-0.4, -0.2) is 11.7 Å². The largest absolute Gasteiger partial charge is 0.492 e. The van der Waals surface area contributed by atoms with Crippen molar-refractivity contribution in [3.63, 3.8) is 0 Å². The Balaban J connectivity index is 1.68. The predicted octanol–water partition coefficient (Wildman–Crippen LogP) is 4.32. The van der Waals surface area contributed by atoms with Crippen molar-refractivity contribution in [2.24, 2.45) is 17.8 Å². The fourth-order valence-corrected chi connectivity index (χ4v) is 3.83. The van der Waals surface area contributed by atoms with E-state index in [4.69, 9.17) is 4.74 Å². The molecule has 3 heteroatoms. The Labute approximate surface area is 123 Å². The summed E-state index contributed by atoms with van der Waals surface area (Å²) in [4.78, 5) is 0. The van der Waals surface area contributed by atoms with Crippen LogP contribution in [0.4, 0.5) is 0 Å². The van der Waals surface area contributed by atoms with Gasteiger partial charge in [0.2, 0.25) is 0 Å². The lowest BCUT2D eigenvalue weighted by molar-refractivity contribution is 0.104. The molecular weight excluding hydrogens is 304 g/mol. The van der Waals surface area contributed by atoms with Gasteiger partial charge in [-0.05, 0) is 77.1 Å². The molecule has 3 unspecified atom stereocenters. The lowest BCUT2D eigenvalue weighted by Gasteiger charge is -2.20. The summed E-state index contributed by atoms with van der Waals surface area (Å²) >= 11 is 3.54. The zero-order valence-electron chi connectivity index (χ0n) is 11.3. The summed E-state index contributed by atoms with van der Waals surface area (Å²) in [6.07, 6.45) is 4.50. The van der Waals surface area contributed by atoms with Gasteiger partial charge < -0.3 is 9.84 Å². The van der Waals surface area contributed by atoms with Gasteiger partial charge in [-0.3, -0.25) is 0 Å². The second-order valence-corrected chi connectivity index (χ2v) is 6.82. The molecule has 0 heterocycles. The molecule has 2 aliphatic rings. The lowest BCUT2D eigenvalue weighted by atomic mass is 9.91. The lowest BCUT2D eigenvalue weighted by Crippen LogP contribution is -2.11. The van der Waals surface area contributed by atoms with E-state index < -0.39 is 0 Å². The van der Waals surface area contributed by atoms with Gasteiger partial charge in [-0.25, -0.2) is 0 Å². The van der Waals surface area contributed by atoms with E-state index in [2.05, 4.69) is 22.9 Å². The molecular formula is C16H21BrO2. The summed E-state index contributed by atoms with van der Waals surface area (Å²) in [5.41, 5.74) is 1.02. The number of hydrogen-bond acceptors (Lipinski definition) is 2. The van der Waals surface area contributed by atoms with Crippen LogP contribution in [0.25, 0.3) is 0 Å². The number of benzene rings is 1. The minimum Gasteiger partial charge on any atom is -0.492 e. The minimum atomic E-state index is -0.315. The molecule has 1 aromatic carbocycles. The zero-order valence-corrected chi connectivity index (χ0v) is 12.9. The second kappa shape index (κ2) is 5.45. The zero-order chi connectivity index (χ0) is 13.4. The number of hydrogen-bond donors (Lipinski definition) is 1. The van der Waals surface area contributed by atoms with E-state index in [1.807, 2.05) is 18.2 Å². The highest BCUT2D eigenvalue weighted by molar-refractivity contribution is 9.10. The predicted molar refractivity (Wildman–Crippen MR) is 79.2 cm³/mol. The number of halogens is 1. The van der Waals surface area contributed by atoms with Crippen molar-refractivity contribution in [2.45, 2.75) is 38.7 Å². The van der Waals surface area contributed by atoms with Gasteiger partial charge in [-0.1, -0.05) is 13.0 Å². The molecule has 0 aliphatic heterocycles. The van der Waals surface area contributed by atoms with Gasteiger partial charge in [-0.2, -0.15) is 0 Å². The number of fused-ring (bicyclic) bond motifs is 1. The molecule has 0 saturated heterocycles. The molecule has 0 aromatic heterocycles. The van der Waals surface area contributed by atoms with Crippen LogP contribution >= 0.6 is 15.9 Å². The van der Waals surface area contributed by atoms with Crippen molar-refractivity contribution in [3.05, 3.63) is 28.2 Å². The van der Waals surface area contributed by atoms with Crippen molar-refractivity contribution in [1.82, 2.24) is 0 Å². The average Bonchev–Trinajstić information content (AvgIpc) is 3.03. The topological polar surface area (TPSA) is 29.5 Å². The van der Waals surface area contributed by atoms with Gasteiger partial charge in [0.1, 0.15) is 5.75 Å². The summed E-state index contributed by atoms with van der Waals surface area (Å²) in [6.45, 7) is 2.82. The van der Waals surface area contributed by atoms with E-state index in [1.54, 1.807) is 0 Å². The highest BCUT2D eigenvalue weighted by Gasteiger charge is 2.47. The summed E-state index contributed by atoms with van der Waals surface area (Å²) in [6, 6.07) is 5.98. The van der Waals surface area contributed by atoms with Gasteiger partial charge in [-0.15, -0.1) is 0 Å². The maximum Gasteiger partial charge on any atom is 0.133 e. The normalized spacial score (nSPS) is 29.9. The number of aliphatic hydroxyl groups excluding tert-OH is 1. The van der Waals surface area contributed by atoms with Gasteiger partial charge in [0.05, 0.1) is 17.2 Å². The summed E-state index contributed by atoms with van der Waals surface area (Å²) in [5.74, 6) is 3.15. The summed E-state index contributed by atoms with van der Waals surface area (Å²) in [7, 11) is 0. The Bertz CT molecular complexity index is 450. The Morgan fingerprint density at radius 2 is 2.05 bits per heavy atom. The molecule has 3 rings (SSSR count). The fraction of sp³-hybridized carbons (Fsp3) is 0.625. The smallest absolute Gasteiger partial charge is 0.133 e. The summed E-state index contributed by atoms with van der Waals surface area (Å²) in [5, 5.41) is 10.5. The van der Waals surface area contributed by atoms with Crippen molar-refractivity contribution in [1.29, 1.82) is 0 Å². The molecule has 104 valence electrons. The third-order valence-corrected chi connectivity index (χ3v) is 5.11. The van der Waals surface area contributed by atoms with Gasteiger partial charge in [0.15, 0.2) is 0 Å². The van der Waals surface area contributed by atoms with Crippen LogP contribution in [0.15, 0.2) is 22.7 Å². The highest BCUT2D eigenvalue weighted by atomic mass is 79.9. The Morgan fingerprint density at radius 1 is 1.32 bits per heavy atom. The van der Waals surface area contributed by atoms with Crippen LogP contribution < -0.4 is 4.74 Å². The first-order valence-electron chi connectivity index (χ1n) is 7.29. The standard InChI is InChI=1S/C16H21BrO2/c1-2-5-19-15-4-3-10(9-14(15)17)16(18)13-7-11-6-12(11)8-13/h3-4,9,11-13,16,18H,2,5-8H2,1H3. The van der Waals surface area contributed by atoms with Crippen LogP contribution in [0.2, 0.25) is 0 Å². The van der Waals surface area contributed by atoms with E-state index in [0.717, 1.165) is 40.6 Å². The minimum absolute atomic E-state index is 0.315. The Kier molecular flexibility index (Phi) is 3.86. The number of rotatable bonds is 5. The van der Waals surface area contributed by atoms with Gasteiger partial charge >= 0.3 is 0 Å². The molecule has 2 nitrogen and oxygen atoms in total. The van der Waals surface area contributed by atoms with Crippen molar-refractivity contribution in [3.8, 4) is 5.75 Å². The fourth-order valence-electron chi connectivity index (χ4n) is 3.32.